The van der Waals surface area contributed by atoms with Gasteiger partial charge in [0, 0.05) is 12.6 Å². The molecule has 0 spiro atoms. The highest BCUT2D eigenvalue weighted by molar-refractivity contribution is 5.31. The van der Waals surface area contributed by atoms with Gasteiger partial charge < -0.3 is 10.1 Å². The predicted molar refractivity (Wildman–Crippen MR) is 75.0 cm³/mol. The van der Waals surface area contributed by atoms with Gasteiger partial charge in [0.25, 0.3) is 0 Å². The molecule has 0 amide bonds. The molecule has 0 saturated carbocycles. The quantitative estimate of drug-likeness (QED) is 0.856. The molecule has 1 aromatic rings. The number of benzene rings is 1. The molecular formula is C15H23FN2O. The molecule has 1 aliphatic heterocycles. The van der Waals surface area contributed by atoms with Crippen LogP contribution >= 0.6 is 0 Å². The van der Waals surface area contributed by atoms with Gasteiger partial charge in [0.1, 0.15) is 0 Å². The van der Waals surface area contributed by atoms with Crippen LogP contribution in [0.15, 0.2) is 18.2 Å². The summed E-state index contributed by atoms with van der Waals surface area (Å²) in [5.41, 5.74) is 1.03. The number of nitrogens with one attached hydrogen (secondary N) is 1. The minimum absolute atomic E-state index is 0.248. The molecule has 19 heavy (non-hydrogen) atoms. The zero-order chi connectivity index (χ0) is 13.7. The molecule has 1 aliphatic rings. The second kappa shape index (κ2) is 6.87. The number of hydrogen-bond donors (Lipinski definition) is 1. The molecule has 1 atom stereocenters. The molecule has 1 saturated heterocycles. The maximum Gasteiger partial charge on any atom is 0.165 e. The third-order valence-electron chi connectivity index (χ3n) is 3.62. The Balaban J connectivity index is 2.18. The summed E-state index contributed by atoms with van der Waals surface area (Å²) in [6, 6.07) is 5.59. The predicted octanol–water partition coefficient (Wildman–Crippen LogP) is 2.58. The normalized spacial score (nSPS) is 17.6. The first-order chi connectivity index (χ1) is 9.26. The Hall–Kier alpha value is -1.13. The Morgan fingerprint density at radius 1 is 1.37 bits per heavy atom. The minimum Gasteiger partial charge on any atom is -0.491 e. The van der Waals surface area contributed by atoms with Crippen molar-refractivity contribution >= 4 is 0 Å². The van der Waals surface area contributed by atoms with Gasteiger partial charge in [-0.15, -0.1) is 0 Å². The molecule has 1 N–H and O–H groups in total. The van der Waals surface area contributed by atoms with Crippen LogP contribution in [-0.2, 0) is 0 Å². The summed E-state index contributed by atoms with van der Waals surface area (Å²) in [6.07, 6.45) is 2.47. The molecule has 1 aromatic carbocycles. The summed E-state index contributed by atoms with van der Waals surface area (Å²) in [6.45, 7) is 5.39. The fourth-order valence-electron chi connectivity index (χ4n) is 2.70. The van der Waals surface area contributed by atoms with Crippen molar-refractivity contribution in [1.29, 1.82) is 0 Å². The van der Waals surface area contributed by atoms with Gasteiger partial charge in [0.2, 0.25) is 0 Å². The number of halogens is 1. The van der Waals surface area contributed by atoms with E-state index in [1.165, 1.54) is 12.8 Å². The van der Waals surface area contributed by atoms with Crippen LogP contribution in [0, 0.1) is 5.82 Å². The van der Waals surface area contributed by atoms with Crippen molar-refractivity contribution in [3.05, 3.63) is 29.6 Å². The first-order valence-corrected chi connectivity index (χ1v) is 7.07. The van der Waals surface area contributed by atoms with Crippen LogP contribution < -0.4 is 10.1 Å². The van der Waals surface area contributed by atoms with Gasteiger partial charge in [0.15, 0.2) is 11.6 Å². The van der Waals surface area contributed by atoms with E-state index in [2.05, 4.69) is 10.2 Å². The van der Waals surface area contributed by atoms with Crippen molar-refractivity contribution < 1.29 is 9.13 Å². The lowest BCUT2D eigenvalue weighted by Gasteiger charge is -2.28. The number of rotatable bonds is 6. The lowest BCUT2D eigenvalue weighted by molar-refractivity contribution is 0.241. The molecule has 3 nitrogen and oxygen atoms in total. The number of likely N-dealkylation sites (N-methyl/N-ethyl adjacent to an activating group) is 1. The highest BCUT2D eigenvalue weighted by Crippen LogP contribution is 2.28. The van der Waals surface area contributed by atoms with Gasteiger partial charge in [-0.05, 0) is 57.6 Å². The third kappa shape index (κ3) is 3.45. The zero-order valence-electron chi connectivity index (χ0n) is 11.8. The van der Waals surface area contributed by atoms with E-state index in [9.17, 15) is 4.39 Å². The SMILES string of the molecule is CCOc1ccc(C(CNC)N2CCCC2)cc1F. The first-order valence-electron chi connectivity index (χ1n) is 7.07. The van der Waals surface area contributed by atoms with Crippen molar-refractivity contribution in [2.75, 3.05) is 33.3 Å². The Kier molecular flexibility index (Phi) is 5.16. The molecule has 1 heterocycles. The molecule has 0 bridgehead atoms. The lowest BCUT2D eigenvalue weighted by Crippen LogP contribution is -2.32. The highest BCUT2D eigenvalue weighted by atomic mass is 19.1. The van der Waals surface area contributed by atoms with Crippen LogP contribution in [0.4, 0.5) is 4.39 Å². The van der Waals surface area contributed by atoms with Crippen LogP contribution in [0.1, 0.15) is 31.4 Å². The smallest absolute Gasteiger partial charge is 0.165 e. The Bertz CT molecular complexity index is 405. The third-order valence-corrected chi connectivity index (χ3v) is 3.62. The topological polar surface area (TPSA) is 24.5 Å². The van der Waals surface area contributed by atoms with Gasteiger partial charge in [0.05, 0.1) is 6.61 Å². The number of ether oxygens (including phenoxy) is 1. The Labute approximate surface area is 114 Å². The molecule has 0 aliphatic carbocycles. The monoisotopic (exact) mass is 266 g/mol. The molecule has 0 aromatic heterocycles. The van der Waals surface area contributed by atoms with Gasteiger partial charge in [-0.3, -0.25) is 4.90 Å². The molecule has 0 radical (unpaired) electrons. The summed E-state index contributed by atoms with van der Waals surface area (Å²) in [5.74, 6) is 0.0792. The van der Waals surface area contributed by atoms with Gasteiger partial charge in [-0.25, -0.2) is 4.39 Å². The number of nitrogens with zero attached hydrogens (tertiary/aromatic N) is 1. The fourth-order valence-corrected chi connectivity index (χ4v) is 2.70. The lowest BCUT2D eigenvalue weighted by atomic mass is 10.0. The average Bonchev–Trinajstić information content (AvgIpc) is 2.92. The van der Waals surface area contributed by atoms with E-state index < -0.39 is 0 Å². The van der Waals surface area contributed by atoms with Crippen LogP contribution in [-0.4, -0.2) is 38.2 Å². The molecule has 4 heteroatoms. The highest BCUT2D eigenvalue weighted by Gasteiger charge is 2.23. The number of hydrogen-bond acceptors (Lipinski definition) is 3. The molecule has 2 rings (SSSR count). The van der Waals surface area contributed by atoms with Crippen molar-refractivity contribution in [3.63, 3.8) is 0 Å². The summed E-state index contributed by atoms with van der Waals surface area (Å²) in [7, 11) is 1.94. The fraction of sp³-hybridized carbons (Fsp3) is 0.600. The van der Waals surface area contributed by atoms with Gasteiger partial charge in [-0.2, -0.15) is 0 Å². The zero-order valence-corrected chi connectivity index (χ0v) is 11.8. The van der Waals surface area contributed by atoms with Crippen LogP contribution in [0.5, 0.6) is 5.75 Å². The van der Waals surface area contributed by atoms with E-state index in [0.29, 0.717) is 12.4 Å². The van der Waals surface area contributed by atoms with Crippen LogP contribution in [0.2, 0.25) is 0 Å². The Morgan fingerprint density at radius 2 is 2.11 bits per heavy atom. The van der Waals surface area contributed by atoms with Crippen molar-refractivity contribution in [2.24, 2.45) is 0 Å². The van der Waals surface area contributed by atoms with Crippen LogP contribution in [0.25, 0.3) is 0 Å². The molecule has 1 unspecified atom stereocenters. The van der Waals surface area contributed by atoms with Gasteiger partial charge >= 0.3 is 0 Å². The van der Waals surface area contributed by atoms with Crippen molar-refractivity contribution in [2.45, 2.75) is 25.8 Å². The minimum atomic E-state index is -0.264. The van der Waals surface area contributed by atoms with E-state index in [-0.39, 0.29) is 11.9 Å². The number of likely N-dealkylation sites (tertiary alicyclic amines) is 1. The largest absolute Gasteiger partial charge is 0.491 e. The average molecular weight is 266 g/mol. The van der Waals surface area contributed by atoms with Gasteiger partial charge in [-0.1, -0.05) is 6.07 Å². The van der Waals surface area contributed by atoms with Crippen LogP contribution in [0.3, 0.4) is 0 Å². The van der Waals surface area contributed by atoms with E-state index in [1.807, 2.05) is 20.0 Å². The van der Waals surface area contributed by atoms with E-state index in [1.54, 1.807) is 12.1 Å². The summed E-state index contributed by atoms with van der Waals surface area (Å²) < 4.78 is 19.2. The molecule has 106 valence electrons. The first kappa shape index (κ1) is 14.3. The van der Waals surface area contributed by atoms with E-state index in [0.717, 1.165) is 25.2 Å². The van der Waals surface area contributed by atoms with Crippen molar-refractivity contribution in [1.82, 2.24) is 10.2 Å². The second-order valence-electron chi connectivity index (χ2n) is 4.94. The molecular weight excluding hydrogens is 243 g/mol. The standard InChI is InChI=1S/C15H23FN2O/c1-3-19-15-7-6-12(10-13(15)16)14(11-17-2)18-8-4-5-9-18/h6-7,10,14,17H,3-5,8-9,11H2,1-2H3. The molecule has 1 fully saturated rings. The Morgan fingerprint density at radius 3 is 2.68 bits per heavy atom. The van der Waals surface area contributed by atoms with Crippen molar-refractivity contribution in [3.8, 4) is 5.75 Å². The van der Waals surface area contributed by atoms with E-state index >= 15 is 0 Å². The maximum atomic E-state index is 14.0. The summed E-state index contributed by atoms with van der Waals surface area (Å²) in [4.78, 5) is 2.42. The second-order valence-corrected chi connectivity index (χ2v) is 4.94. The maximum absolute atomic E-state index is 14.0. The summed E-state index contributed by atoms with van der Waals surface area (Å²) in [5, 5.41) is 3.21. The summed E-state index contributed by atoms with van der Waals surface area (Å²) >= 11 is 0. The van der Waals surface area contributed by atoms with E-state index in [4.69, 9.17) is 4.74 Å².